The monoisotopic (exact) mass is 463 g/mol. The molecule has 165 valence electrons. The van der Waals surface area contributed by atoms with Crippen molar-refractivity contribution < 1.29 is 17.6 Å². The second kappa shape index (κ2) is 7.19. The summed E-state index contributed by atoms with van der Waals surface area (Å²) in [5.41, 5.74) is -0.160. The molecular formula is C21H16ClF4N6. The summed E-state index contributed by atoms with van der Waals surface area (Å²) < 4.78 is 54.0. The van der Waals surface area contributed by atoms with Crippen LogP contribution in [-0.4, -0.2) is 31.5 Å². The standard InChI is InChI=1S/C21H16ClF4N6/c1-20(19-29-15-10-13(21(24,25)26)14(22)11-16(15)30-19)5-2-8-31(20)18-9-12(23)3-4-17(18)32-27-6-7-28-32/h3,6-7,9-11H,2,5,8H2,1H3,(H,29,30)/t20-/m0/s1. The van der Waals surface area contributed by atoms with Gasteiger partial charge in [-0.05, 0) is 44.0 Å². The average molecular weight is 464 g/mol. The highest BCUT2D eigenvalue weighted by Gasteiger charge is 2.42. The lowest BCUT2D eigenvalue weighted by atomic mass is 9.97. The van der Waals surface area contributed by atoms with Gasteiger partial charge < -0.3 is 9.88 Å². The van der Waals surface area contributed by atoms with Gasteiger partial charge in [0.05, 0.1) is 45.2 Å². The van der Waals surface area contributed by atoms with Crippen LogP contribution in [0, 0.1) is 11.9 Å². The lowest BCUT2D eigenvalue weighted by Gasteiger charge is -2.36. The third-order valence-corrected chi connectivity index (χ3v) is 6.11. The van der Waals surface area contributed by atoms with Crippen LogP contribution in [0.1, 0.15) is 31.2 Å². The topological polar surface area (TPSA) is 62.6 Å². The summed E-state index contributed by atoms with van der Waals surface area (Å²) in [7, 11) is 0. The molecule has 11 heteroatoms. The van der Waals surface area contributed by atoms with Crippen molar-refractivity contribution in [1.29, 1.82) is 0 Å². The van der Waals surface area contributed by atoms with E-state index in [9.17, 15) is 17.6 Å². The first-order valence-electron chi connectivity index (χ1n) is 9.79. The first-order chi connectivity index (χ1) is 15.2. The fraction of sp³-hybridized carbons (Fsp3) is 0.286. The van der Waals surface area contributed by atoms with E-state index >= 15 is 0 Å². The number of H-pyrrole nitrogens is 1. The molecule has 1 N–H and O–H groups in total. The van der Waals surface area contributed by atoms with Gasteiger partial charge in [0.1, 0.15) is 17.3 Å². The molecule has 0 bridgehead atoms. The highest BCUT2D eigenvalue weighted by Crippen LogP contribution is 2.44. The number of imidazole rings is 1. The minimum atomic E-state index is -4.59. The zero-order valence-corrected chi connectivity index (χ0v) is 17.5. The summed E-state index contributed by atoms with van der Waals surface area (Å²) in [4.78, 5) is 10.9. The largest absolute Gasteiger partial charge is 0.417 e. The van der Waals surface area contributed by atoms with Crippen LogP contribution in [0.2, 0.25) is 5.02 Å². The van der Waals surface area contributed by atoms with Gasteiger partial charge in [-0.25, -0.2) is 9.37 Å². The molecule has 1 aliphatic heterocycles. The molecule has 0 amide bonds. The summed E-state index contributed by atoms with van der Waals surface area (Å²) >= 11 is 5.87. The molecule has 0 saturated carbocycles. The SMILES string of the molecule is C[C@@]1(c2nc3cc(C(F)(F)F)c(Cl)cc3[nH]2)CCCN1c1cc(F)c[c]c1-n1nccn1. The van der Waals surface area contributed by atoms with Gasteiger partial charge in [-0.1, -0.05) is 11.6 Å². The first-order valence-corrected chi connectivity index (χ1v) is 10.2. The average Bonchev–Trinajstić information content (AvgIpc) is 3.46. The second-order valence-corrected chi connectivity index (χ2v) is 8.24. The fourth-order valence-corrected chi connectivity index (χ4v) is 4.52. The van der Waals surface area contributed by atoms with Crippen molar-refractivity contribution in [2.75, 3.05) is 11.4 Å². The molecule has 1 saturated heterocycles. The van der Waals surface area contributed by atoms with Crippen LogP contribution < -0.4 is 4.90 Å². The molecule has 2 aromatic carbocycles. The van der Waals surface area contributed by atoms with E-state index in [1.807, 2.05) is 11.8 Å². The predicted molar refractivity (Wildman–Crippen MR) is 110 cm³/mol. The third-order valence-electron chi connectivity index (χ3n) is 5.80. The summed E-state index contributed by atoms with van der Waals surface area (Å²) in [6, 6.07) is 7.63. The zero-order chi connectivity index (χ0) is 22.7. The number of hydrogen-bond donors (Lipinski definition) is 1. The van der Waals surface area contributed by atoms with Crippen LogP contribution in [0.3, 0.4) is 0 Å². The lowest BCUT2D eigenvalue weighted by molar-refractivity contribution is -0.137. The van der Waals surface area contributed by atoms with Gasteiger partial charge in [0, 0.05) is 12.6 Å². The van der Waals surface area contributed by atoms with Crippen molar-refractivity contribution in [2.45, 2.75) is 31.5 Å². The molecule has 0 spiro atoms. The Bertz CT molecular complexity index is 1300. The number of anilines is 1. The molecule has 3 heterocycles. The highest BCUT2D eigenvalue weighted by molar-refractivity contribution is 6.32. The number of nitrogens with zero attached hydrogens (tertiary/aromatic N) is 5. The zero-order valence-electron chi connectivity index (χ0n) is 16.7. The van der Waals surface area contributed by atoms with Crippen LogP contribution >= 0.6 is 11.6 Å². The number of aromatic amines is 1. The van der Waals surface area contributed by atoms with E-state index in [2.05, 4.69) is 26.2 Å². The van der Waals surface area contributed by atoms with Gasteiger partial charge in [0.25, 0.3) is 0 Å². The van der Waals surface area contributed by atoms with Crippen LogP contribution in [-0.2, 0) is 11.7 Å². The second-order valence-electron chi connectivity index (χ2n) is 7.83. The summed E-state index contributed by atoms with van der Waals surface area (Å²) in [5, 5.41) is 7.85. The van der Waals surface area contributed by atoms with E-state index in [0.717, 1.165) is 12.5 Å². The van der Waals surface area contributed by atoms with Crippen LogP contribution in [0.4, 0.5) is 23.2 Å². The van der Waals surface area contributed by atoms with Crippen molar-refractivity contribution >= 4 is 28.3 Å². The maximum atomic E-state index is 14.2. The number of aromatic nitrogens is 5. The Kier molecular flexibility index (Phi) is 4.66. The van der Waals surface area contributed by atoms with E-state index in [1.54, 1.807) is 0 Å². The lowest BCUT2D eigenvalue weighted by Crippen LogP contribution is -2.40. The fourth-order valence-electron chi connectivity index (χ4n) is 4.25. The van der Waals surface area contributed by atoms with Gasteiger partial charge in [0.2, 0.25) is 0 Å². The maximum Gasteiger partial charge on any atom is 0.417 e. The van der Waals surface area contributed by atoms with Gasteiger partial charge >= 0.3 is 6.18 Å². The first kappa shape index (κ1) is 20.7. The van der Waals surface area contributed by atoms with Gasteiger partial charge in [-0.2, -0.15) is 23.4 Å². The number of hydrogen-bond acceptors (Lipinski definition) is 4. The molecule has 32 heavy (non-hydrogen) atoms. The number of rotatable bonds is 3. The molecule has 0 unspecified atom stereocenters. The molecule has 6 nitrogen and oxygen atoms in total. The third kappa shape index (κ3) is 3.29. The number of nitrogens with one attached hydrogen (secondary N) is 1. The number of halogens is 5. The quantitative estimate of drug-likeness (QED) is 0.420. The minimum absolute atomic E-state index is 0.157. The van der Waals surface area contributed by atoms with Crippen molar-refractivity contribution in [3.8, 4) is 5.69 Å². The molecule has 2 aromatic heterocycles. The Hall–Kier alpha value is -3.14. The van der Waals surface area contributed by atoms with Crippen molar-refractivity contribution in [1.82, 2.24) is 25.0 Å². The molecule has 1 atom stereocenters. The molecule has 1 radical (unpaired) electrons. The molecule has 4 aromatic rings. The predicted octanol–water partition coefficient (Wildman–Crippen LogP) is 5.27. The Morgan fingerprint density at radius 1 is 1.19 bits per heavy atom. The van der Waals surface area contributed by atoms with Gasteiger partial charge in [0.15, 0.2) is 0 Å². The number of benzene rings is 2. The number of alkyl halides is 3. The smallest absolute Gasteiger partial charge is 0.357 e. The molecule has 0 aliphatic carbocycles. The highest BCUT2D eigenvalue weighted by atomic mass is 35.5. The van der Waals surface area contributed by atoms with Crippen molar-refractivity contribution in [2.24, 2.45) is 0 Å². The van der Waals surface area contributed by atoms with E-state index < -0.39 is 28.1 Å². The maximum absolute atomic E-state index is 14.2. The summed E-state index contributed by atoms with van der Waals surface area (Å²) in [6.45, 7) is 2.49. The van der Waals surface area contributed by atoms with E-state index in [1.165, 1.54) is 35.4 Å². The molecular weight excluding hydrogens is 448 g/mol. The van der Waals surface area contributed by atoms with Crippen LogP contribution in [0.5, 0.6) is 0 Å². The van der Waals surface area contributed by atoms with Gasteiger partial charge in [-0.15, -0.1) is 4.80 Å². The summed E-state index contributed by atoms with van der Waals surface area (Å²) in [5.74, 6) is -0.0135. The Morgan fingerprint density at radius 2 is 1.94 bits per heavy atom. The van der Waals surface area contributed by atoms with Gasteiger partial charge in [-0.3, -0.25) is 0 Å². The summed E-state index contributed by atoms with van der Waals surface area (Å²) in [6.07, 6.45) is -0.159. The van der Waals surface area contributed by atoms with Crippen molar-refractivity contribution in [3.63, 3.8) is 0 Å². The van der Waals surface area contributed by atoms with E-state index in [4.69, 9.17) is 11.6 Å². The molecule has 1 aliphatic rings. The molecule has 1 fully saturated rings. The molecule has 5 rings (SSSR count). The van der Waals surface area contributed by atoms with Crippen molar-refractivity contribution in [3.05, 3.63) is 65.0 Å². The normalized spacial score (nSPS) is 19.2. The van der Waals surface area contributed by atoms with E-state index in [-0.39, 0.29) is 5.52 Å². The Balaban J connectivity index is 1.63. The Labute approximate surface area is 184 Å². The minimum Gasteiger partial charge on any atom is -0.357 e. The van der Waals surface area contributed by atoms with Crippen LogP contribution in [0.15, 0.2) is 36.7 Å². The van der Waals surface area contributed by atoms with Crippen LogP contribution in [0.25, 0.3) is 16.7 Å². The number of fused-ring (bicyclic) bond motifs is 1. The van der Waals surface area contributed by atoms with E-state index in [0.29, 0.717) is 35.7 Å². The Morgan fingerprint density at radius 3 is 2.66 bits per heavy atom.